The molecule has 3 aromatic rings. The fraction of sp³-hybridized carbons (Fsp3) is 0.533. The van der Waals surface area contributed by atoms with Crippen LogP contribution < -0.4 is 16.3 Å². The number of fused-ring (bicyclic) bond motifs is 1. The average Bonchev–Trinajstić information content (AvgIpc) is 3.53. The number of nitrogens with zero attached hydrogens (tertiary/aromatic N) is 5. The summed E-state index contributed by atoms with van der Waals surface area (Å²) in [4.78, 5) is 35.6. The summed E-state index contributed by atoms with van der Waals surface area (Å²) < 4.78 is 7.36. The van der Waals surface area contributed by atoms with Crippen molar-refractivity contribution in [2.45, 2.75) is 57.5 Å². The first-order chi connectivity index (χ1) is 19.9. The lowest BCUT2D eigenvalue weighted by Gasteiger charge is -2.33. The SMILES string of the molecule is CNC1CCCC1.Cc1ccccc1-c1cc2cnc(NN3CCN(C(=O)O)CC3)nc2n(C2CCOCC2)c1=O. The highest BCUT2D eigenvalue weighted by Gasteiger charge is 2.24. The topological polar surface area (TPSA) is 125 Å². The Hall–Kier alpha value is -3.54. The Balaban J connectivity index is 0.000000423. The van der Waals surface area contributed by atoms with Crippen LogP contribution in [0.4, 0.5) is 10.7 Å². The van der Waals surface area contributed by atoms with Crippen LogP contribution in [-0.2, 0) is 4.74 Å². The van der Waals surface area contributed by atoms with Gasteiger partial charge >= 0.3 is 6.09 Å². The normalized spacial score (nSPS) is 18.7. The van der Waals surface area contributed by atoms with Gasteiger partial charge in [-0.05, 0) is 56.8 Å². The number of anilines is 1. The minimum Gasteiger partial charge on any atom is -0.465 e. The van der Waals surface area contributed by atoms with Crippen molar-refractivity contribution in [2.75, 3.05) is 51.9 Å². The molecule has 0 radical (unpaired) electrons. The maximum Gasteiger partial charge on any atom is 0.407 e. The molecule has 0 atom stereocenters. The highest BCUT2D eigenvalue weighted by molar-refractivity contribution is 5.82. The summed E-state index contributed by atoms with van der Waals surface area (Å²) in [6.45, 7) is 5.07. The molecule has 2 aromatic heterocycles. The molecule has 0 unspecified atom stereocenters. The summed E-state index contributed by atoms with van der Waals surface area (Å²) >= 11 is 0. The van der Waals surface area contributed by atoms with Crippen LogP contribution in [0.25, 0.3) is 22.2 Å². The van der Waals surface area contributed by atoms with Gasteiger partial charge in [-0.1, -0.05) is 37.1 Å². The van der Waals surface area contributed by atoms with Gasteiger partial charge in [-0.15, -0.1) is 0 Å². The predicted octanol–water partition coefficient (Wildman–Crippen LogP) is 3.89. The minimum atomic E-state index is -0.911. The number of nitrogens with one attached hydrogen (secondary N) is 2. The molecular formula is C30H41N7O4. The largest absolute Gasteiger partial charge is 0.465 e. The third-order valence-corrected chi connectivity index (χ3v) is 8.34. The Kier molecular flexibility index (Phi) is 9.48. The lowest BCUT2D eigenvalue weighted by Crippen LogP contribution is -2.50. The Morgan fingerprint density at radius 2 is 1.73 bits per heavy atom. The number of ether oxygens (including phenoxy) is 1. The summed E-state index contributed by atoms with van der Waals surface area (Å²) in [5.41, 5.74) is 6.32. The van der Waals surface area contributed by atoms with Gasteiger partial charge in [-0.2, -0.15) is 4.98 Å². The van der Waals surface area contributed by atoms with E-state index in [1.54, 1.807) is 6.20 Å². The van der Waals surface area contributed by atoms with Crippen LogP contribution in [0.15, 0.2) is 41.3 Å². The Morgan fingerprint density at radius 1 is 1.02 bits per heavy atom. The fourth-order valence-electron chi connectivity index (χ4n) is 5.89. The Labute approximate surface area is 240 Å². The van der Waals surface area contributed by atoms with Gasteiger partial charge in [0.2, 0.25) is 5.95 Å². The zero-order valence-corrected chi connectivity index (χ0v) is 24.0. The number of hydrogen-bond donors (Lipinski definition) is 3. The molecule has 1 amide bonds. The quantitative estimate of drug-likeness (QED) is 0.424. The van der Waals surface area contributed by atoms with Crippen LogP contribution >= 0.6 is 0 Å². The maximum atomic E-state index is 13.8. The molecule has 0 bridgehead atoms. The number of pyridine rings is 1. The zero-order valence-electron chi connectivity index (χ0n) is 24.0. The van der Waals surface area contributed by atoms with Crippen LogP contribution in [0.5, 0.6) is 0 Å². The molecule has 1 aromatic carbocycles. The van der Waals surface area contributed by atoms with E-state index in [0.29, 0.717) is 56.6 Å². The van der Waals surface area contributed by atoms with E-state index in [4.69, 9.17) is 14.8 Å². The number of benzene rings is 1. The third kappa shape index (κ3) is 6.86. The molecule has 3 fully saturated rings. The molecule has 3 N–H and O–H groups in total. The monoisotopic (exact) mass is 563 g/mol. The van der Waals surface area contributed by atoms with Crippen LogP contribution in [-0.4, -0.2) is 88.1 Å². The number of carboxylic acid groups (broad SMARTS) is 1. The molecule has 41 heavy (non-hydrogen) atoms. The number of hydrazine groups is 1. The smallest absolute Gasteiger partial charge is 0.407 e. The van der Waals surface area contributed by atoms with E-state index in [1.165, 1.54) is 30.6 Å². The maximum absolute atomic E-state index is 13.8. The van der Waals surface area contributed by atoms with Gasteiger partial charge in [0, 0.05) is 68.6 Å². The van der Waals surface area contributed by atoms with Gasteiger partial charge in [0.25, 0.3) is 5.56 Å². The minimum absolute atomic E-state index is 0.00502. The second-order valence-electron chi connectivity index (χ2n) is 11.0. The van der Waals surface area contributed by atoms with E-state index in [0.717, 1.165) is 35.4 Å². The van der Waals surface area contributed by atoms with E-state index >= 15 is 0 Å². The molecule has 6 rings (SSSR count). The van der Waals surface area contributed by atoms with Crippen molar-refractivity contribution in [3.05, 3.63) is 52.4 Å². The van der Waals surface area contributed by atoms with Gasteiger partial charge in [-0.25, -0.2) is 14.8 Å². The first-order valence-electron chi connectivity index (χ1n) is 14.7. The van der Waals surface area contributed by atoms with Crippen molar-refractivity contribution in [1.29, 1.82) is 0 Å². The van der Waals surface area contributed by atoms with Crippen molar-refractivity contribution in [3.63, 3.8) is 0 Å². The summed E-state index contributed by atoms with van der Waals surface area (Å²) in [6.07, 6.45) is 8.00. The highest BCUT2D eigenvalue weighted by Crippen LogP contribution is 2.28. The molecule has 0 spiro atoms. The van der Waals surface area contributed by atoms with E-state index in [-0.39, 0.29) is 11.6 Å². The van der Waals surface area contributed by atoms with Gasteiger partial charge in [0.05, 0.1) is 0 Å². The number of carbonyl (C=O) groups is 1. The molecule has 2 aliphatic heterocycles. The predicted molar refractivity (Wildman–Crippen MR) is 159 cm³/mol. The first kappa shape index (κ1) is 29.0. The fourth-order valence-corrected chi connectivity index (χ4v) is 5.89. The zero-order chi connectivity index (χ0) is 28.8. The number of aryl methyl sites for hydroxylation is 1. The number of rotatable bonds is 5. The molecule has 2 saturated heterocycles. The third-order valence-electron chi connectivity index (χ3n) is 8.34. The van der Waals surface area contributed by atoms with E-state index in [2.05, 4.69) is 22.8 Å². The van der Waals surface area contributed by atoms with Gasteiger partial charge in [-0.3, -0.25) is 14.8 Å². The molecule has 11 nitrogen and oxygen atoms in total. The number of piperazine rings is 1. The van der Waals surface area contributed by atoms with Gasteiger partial charge < -0.3 is 20.1 Å². The van der Waals surface area contributed by atoms with Crippen molar-refractivity contribution in [1.82, 2.24) is 29.8 Å². The summed E-state index contributed by atoms with van der Waals surface area (Å²) in [6, 6.07) is 10.6. The molecule has 11 heteroatoms. The first-order valence-corrected chi connectivity index (χ1v) is 14.7. The molecule has 1 aliphatic carbocycles. The van der Waals surface area contributed by atoms with Crippen molar-refractivity contribution in [3.8, 4) is 11.1 Å². The molecule has 1 saturated carbocycles. The number of aromatic nitrogens is 3. The van der Waals surface area contributed by atoms with E-state index in [1.807, 2.05) is 46.8 Å². The summed E-state index contributed by atoms with van der Waals surface area (Å²) in [5.74, 6) is 0.389. The van der Waals surface area contributed by atoms with Crippen molar-refractivity contribution in [2.24, 2.45) is 0 Å². The van der Waals surface area contributed by atoms with E-state index in [9.17, 15) is 9.59 Å². The molecule has 220 valence electrons. The molecule has 4 heterocycles. The van der Waals surface area contributed by atoms with Crippen LogP contribution in [0.3, 0.4) is 0 Å². The van der Waals surface area contributed by atoms with Crippen molar-refractivity contribution >= 4 is 23.1 Å². The second-order valence-corrected chi connectivity index (χ2v) is 11.0. The van der Waals surface area contributed by atoms with Crippen molar-refractivity contribution < 1.29 is 14.6 Å². The Bertz CT molecular complexity index is 1390. The summed E-state index contributed by atoms with van der Waals surface area (Å²) in [7, 11) is 2.05. The number of hydrogen-bond acceptors (Lipinski definition) is 8. The van der Waals surface area contributed by atoms with Crippen LogP contribution in [0.1, 0.15) is 50.1 Å². The number of amides is 1. The second kappa shape index (κ2) is 13.4. The highest BCUT2D eigenvalue weighted by atomic mass is 16.5. The van der Waals surface area contributed by atoms with E-state index < -0.39 is 6.09 Å². The van der Waals surface area contributed by atoms with Gasteiger partial charge in [0.15, 0.2) is 0 Å². The molecular weight excluding hydrogens is 522 g/mol. The Morgan fingerprint density at radius 3 is 2.37 bits per heavy atom. The average molecular weight is 564 g/mol. The van der Waals surface area contributed by atoms with Crippen LogP contribution in [0, 0.1) is 6.92 Å². The van der Waals surface area contributed by atoms with Gasteiger partial charge in [0.1, 0.15) is 5.65 Å². The molecule has 3 aliphatic rings. The summed E-state index contributed by atoms with van der Waals surface area (Å²) in [5, 5.41) is 15.1. The standard InChI is InChI=1S/C24H28N6O4.C6H13N/c1-16-4-2-3-5-19(16)20-14-17-15-25-23(27-29-10-8-28(9-11-29)24(32)33)26-21(17)30(22(20)31)18-6-12-34-13-7-18;1-7-6-4-2-3-5-6/h2-5,14-15,18H,6-13H2,1H3,(H,32,33)(H,25,26,27);6-7H,2-5H2,1H3. The van der Waals surface area contributed by atoms with Crippen LogP contribution in [0.2, 0.25) is 0 Å². The lowest BCUT2D eigenvalue weighted by molar-refractivity contribution is 0.0697. The lowest BCUT2D eigenvalue weighted by atomic mass is 10.00.